The van der Waals surface area contributed by atoms with E-state index < -0.39 is 0 Å². The Kier molecular flexibility index (Phi) is 3.72. The topological polar surface area (TPSA) is 97.3 Å². The summed E-state index contributed by atoms with van der Waals surface area (Å²) in [7, 11) is 0. The Morgan fingerprint density at radius 3 is 2.86 bits per heavy atom. The van der Waals surface area contributed by atoms with Crippen LogP contribution in [-0.4, -0.2) is 26.2 Å². The predicted octanol–water partition coefficient (Wildman–Crippen LogP) is 2.64. The summed E-state index contributed by atoms with van der Waals surface area (Å²) in [5.41, 5.74) is 7.19. The summed E-state index contributed by atoms with van der Waals surface area (Å²) in [6.07, 6.45) is 0. The Bertz CT molecular complexity index is 830. The first-order valence-electron chi connectivity index (χ1n) is 6.03. The lowest BCUT2D eigenvalue weighted by Crippen LogP contribution is -2.14. The molecule has 0 fully saturated rings. The highest BCUT2D eigenvalue weighted by Crippen LogP contribution is 2.31. The first-order valence-corrected chi connectivity index (χ1v) is 7.66. The van der Waals surface area contributed by atoms with Crippen LogP contribution >= 0.6 is 23.1 Å². The van der Waals surface area contributed by atoms with Crippen LogP contribution in [0, 0.1) is 6.92 Å². The van der Waals surface area contributed by atoms with Crippen molar-refractivity contribution >= 4 is 39.8 Å². The zero-order chi connectivity index (χ0) is 14.8. The van der Waals surface area contributed by atoms with E-state index in [1.165, 1.54) is 23.1 Å². The summed E-state index contributed by atoms with van der Waals surface area (Å²) in [5, 5.41) is 22.6. The van der Waals surface area contributed by atoms with E-state index in [-0.39, 0.29) is 5.84 Å². The number of hydrogen-bond acceptors (Lipinski definition) is 7. The lowest BCUT2D eigenvalue weighted by molar-refractivity contribution is 0.318. The molecular weight excluding hydrogens is 306 g/mol. The number of oxime groups is 1. The normalized spacial score (nSPS) is 12.0. The number of aromatic nitrogens is 3. The van der Waals surface area contributed by atoms with E-state index in [0.717, 1.165) is 25.3 Å². The molecule has 1 aromatic carbocycles. The van der Waals surface area contributed by atoms with Gasteiger partial charge in [-0.15, -0.1) is 10.2 Å². The number of aryl methyl sites for hydroxylation is 1. The Hall–Kier alpha value is -2.19. The highest BCUT2D eigenvalue weighted by Gasteiger charge is 2.12. The summed E-state index contributed by atoms with van der Waals surface area (Å²) in [6, 6.07) is 9.35. The van der Waals surface area contributed by atoms with Gasteiger partial charge < -0.3 is 10.9 Å². The Morgan fingerprint density at radius 1 is 1.33 bits per heavy atom. The number of rotatable bonds is 3. The molecular formula is C13H11N5OS2. The molecule has 21 heavy (non-hydrogen) atoms. The van der Waals surface area contributed by atoms with Gasteiger partial charge in [-0.3, -0.25) is 0 Å². The molecule has 3 N–H and O–H groups in total. The van der Waals surface area contributed by atoms with Gasteiger partial charge >= 0.3 is 0 Å². The lowest BCUT2D eigenvalue weighted by Gasteiger charge is -2.07. The molecule has 0 atom stereocenters. The maximum atomic E-state index is 8.95. The second-order valence-electron chi connectivity index (χ2n) is 4.20. The number of pyridine rings is 1. The van der Waals surface area contributed by atoms with Crippen LogP contribution in [0.4, 0.5) is 0 Å². The summed E-state index contributed by atoms with van der Waals surface area (Å²) in [5.74, 6) is 0.0592. The van der Waals surface area contributed by atoms with Crippen molar-refractivity contribution in [2.24, 2.45) is 10.9 Å². The molecule has 0 radical (unpaired) electrons. The Balaban J connectivity index is 2.11. The largest absolute Gasteiger partial charge is 0.409 e. The third-order valence-corrected chi connectivity index (χ3v) is 4.58. The average molecular weight is 317 g/mol. The molecule has 0 aliphatic rings. The molecule has 6 nitrogen and oxygen atoms in total. The zero-order valence-corrected chi connectivity index (χ0v) is 12.6. The molecule has 0 aliphatic heterocycles. The number of hydrogen-bond donors (Lipinski definition) is 2. The number of para-hydroxylation sites is 1. The number of nitrogens with two attached hydrogens (primary N) is 1. The lowest BCUT2D eigenvalue weighted by atomic mass is 10.1. The van der Waals surface area contributed by atoms with Crippen molar-refractivity contribution in [3.05, 3.63) is 40.9 Å². The van der Waals surface area contributed by atoms with Gasteiger partial charge in [0.05, 0.1) is 5.52 Å². The Morgan fingerprint density at radius 2 is 2.14 bits per heavy atom. The smallest absolute Gasteiger partial charge is 0.180 e. The van der Waals surface area contributed by atoms with Gasteiger partial charge in [-0.25, -0.2) is 4.98 Å². The van der Waals surface area contributed by atoms with E-state index in [1.807, 2.05) is 31.2 Å². The van der Waals surface area contributed by atoms with Gasteiger partial charge in [-0.05, 0) is 30.8 Å². The van der Waals surface area contributed by atoms with Gasteiger partial charge in [0.25, 0.3) is 0 Å². The molecule has 0 spiro atoms. The molecule has 0 aliphatic carbocycles. The fourth-order valence-electron chi connectivity index (χ4n) is 1.88. The first-order chi connectivity index (χ1) is 10.2. The second kappa shape index (κ2) is 5.66. The molecule has 0 amide bonds. The number of nitrogens with zero attached hydrogens (tertiary/aromatic N) is 4. The summed E-state index contributed by atoms with van der Waals surface area (Å²) < 4.78 is 0.806. The summed E-state index contributed by atoms with van der Waals surface area (Å²) in [6.45, 7) is 1.90. The van der Waals surface area contributed by atoms with E-state index in [9.17, 15) is 0 Å². The molecule has 0 saturated carbocycles. The molecule has 0 unspecified atom stereocenters. The van der Waals surface area contributed by atoms with Crippen LogP contribution in [0.5, 0.6) is 0 Å². The van der Waals surface area contributed by atoms with Crippen LogP contribution in [0.3, 0.4) is 0 Å². The van der Waals surface area contributed by atoms with Crippen LogP contribution in [0.15, 0.2) is 44.9 Å². The Labute approximate surface area is 128 Å². The van der Waals surface area contributed by atoms with Crippen molar-refractivity contribution in [2.45, 2.75) is 16.3 Å². The van der Waals surface area contributed by atoms with Crippen molar-refractivity contribution in [1.29, 1.82) is 0 Å². The molecule has 0 saturated heterocycles. The molecule has 8 heteroatoms. The van der Waals surface area contributed by atoms with Crippen molar-refractivity contribution in [2.75, 3.05) is 0 Å². The van der Waals surface area contributed by atoms with E-state index in [1.54, 1.807) is 6.07 Å². The molecule has 3 rings (SSSR count). The number of fused-ring (bicyclic) bond motifs is 1. The van der Waals surface area contributed by atoms with E-state index in [0.29, 0.717) is 5.56 Å². The standard InChI is InChI=1S/C13H11N5OS2/c1-7-16-17-13(20-7)21-11-6-9(12(14)18-19)8-4-2-3-5-10(8)15-11/h2-6,19H,1H3,(H2,14,18). The average Bonchev–Trinajstić information content (AvgIpc) is 2.90. The van der Waals surface area contributed by atoms with E-state index in [4.69, 9.17) is 10.9 Å². The quantitative estimate of drug-likeness (QED) is 0.333. The fraction of sp³-hybridized carbons (Fsp3) is 0.0769. The second-order valence-corrected chi connectivity index (χ2v) is 6.65. The maximum Gasteiger partial charge on any atom is 0.180 e. The van der Waals surface area contributed by atoms with Gasteiger partial charge in [-0.1, -0.05) is 34.7 Å². The van der Waals surface area contributed by atoms with E-state index >= 15 is 0 Å². The summed E-state index contributed by atoms with van der Waals surface area (Å²) in [4.78, 5) is 4.57. The van der Waals surface area contributed by atoms with Gasteiger partial charge in [0, 0.05) is 10.9 Å². The minimum atomic E-state index is 0.0592. The molecule has 2 aromatic heterocycles. The van der Waals surface area contributed by atoms with Crippen LogP contribution in [0.1, 0.15) is 10.6 Å². The highest BCUT2D eigenvalue weighted by molar-refractivity contribution is 8.01. The SMILES string of the molecule is Cc1nnc(Sc2cc(C(N)=NO)c3ccccc3n2)s1. The predicted molar refractivity (Wildman–Crippen MR) is 83.0 cm³/mol. The molecule has 3 aromatic rings. The first kappa shape index (κ1) is 13.8. The van der Waals surface area contributed by atoms with Crippen molar-refractivity contribution in [3.63, 3.8) is 0 Å². The van der Waals surface area contributed by atoms with Crippen LogP contribution in [0.2, 0.25) is 0 Å². The summed E-state index contributed by atoms with van der Waals surface area (Å²) >= 11 is 2.90. The third-order valence-electron chi connectivity index (χ3n) is 2.78. The maximum absolute atomic E-state index is 8.95. The highest BCUT2D eigenvalue weighted by atomic mass is 32.2. The van der Waals surface area contributed by atoms with E-state index in [2.05, 4.69) is 20.3 Å². The minimum Gasteiger partial charge on any atom is -0.409 e. The molecule has 0 bridgehead atoms. The monoisotopic (exact) mass is 317 g/mol. The number of benzene rings is 1. The molecule has 106 valence electrons. The number of amidine groups is 1. The van der Waals surface area contributed by atoms with Crippen LogP contribution in [0.25, 0.3) is 10.9 Å². The zero-order valence-electron chi connectivity index (χ0n) is 11.0. The van der Waals surface area contributed by atoms with Gasteiger partial charge in [0.2, 0.25) is 0 Å². The fourth-order valence-corrected chi connectivity index (χ4v) is 3.66. The minimum absolute atomic E-state index is 0.0592. The van der Waals surface area contributed by atoms with Gasteiger partial charge in [-0.2, -0.15) is 0 Å². The van der Waals surface area contributed by atoms with Crippen LogP contribution < -0.4 is 5.73 Å². The van der Waals surface area contributed by atoms with Gasteiger partial charge in [0.1, 0.15) is 10.0 Å². The van der Waals surface area contributed by atoms with Crippen molar-refractivity contribution in [3.8, 4) is 0 Å². The van der Waals surface area contributed by atoms with Crippen molar-refractivity contribution in [1.82, 2.24) is 15.2 Å². The van der Waals surface area contributed by atoms with Gasteiger partial charge in [0.15, 0.2) is 10.2 Å². The third kappa shape index (κ3) is 2.81. The van der Waals surface area contributed by atoms with Crippen LogP contribution in [-0.2, 0) is 0 Å². The van der Waals surface area contributed by atoms with Crippen molar-refractivity contribution < 1.29 is 5.21 Å². The molecule has 2 heterocycles.